The van der Waals surface area contributed by atoms with Gasteiger partial charge in [0.2, 0.25) is 0 Å². The minimum Gasteiger partial charge on any atom is -0.495 e. The summed E-state index contributed by atoms with van der Waals surface area (Å²) in [6.45, 7) is 1.13. The van der Waals surface area contributed by atoms with Crippen LogP contribution in [0.4, 0.5) is 0 Å². The molecule has 1 atom stereocenters. The van der Waals surface area contributed by atoms with Crippen LogP contribution in [-0.4, -0.2) is 25.3 Å². The second-order valence-electron chi connectivity index (χ2n) is 4.47. The summed E-state index contributed by atoms with van der Waals surface area (Å²) in [6, 6.07) is 8.99. The molecular weight excluding hydrogens is 256 g/mol. The topological polar surface area (TPSA) is 66.6 Å². The number of hydrogen-bond acceptors (Lipinski definition) is 5. The molecule has 0 bridgehead atoms. The van der Waals surface area contributed by atoms with E-state index in [2.05, 4.69) is 4.98 Å². The number of pyridine rings is 1. The van der Waals surface area contributed by atoms with Crippen molar-refractivity contribution >= 4 is 0 Å². The van der Waals surface area contributed by atoms with E-state index in [-0.39, 0.29) is 6.04 Å². The summed E-state index contributed by atoms with van der Waals surface area (Å²) in [5.41, 5.74) is 7.90. The third-order valence-electron chi connectivity index (χ3n) is 3.24. The Labute approximate surface area is 117 Å². The molecule has 3 rings (SSSR count). The molecule has 2 N–H and O–H groups in total. The van der Waals surface area contributed by atoms with Gasteiger partial charge in [-0.1, -0.05) is 6.07 Å². The maximum Gasteiger partial charge on any atom is 0.161 e. The molecule has 0 saturated carbocycles. The van der Waals surface area contributed by atoms with E-state index in [0.717, 1.165) is 17.1 Å². The number of hydrogen-bond donors (Lipinski definition) is 1. The van der Waals surface area contributed by atoms with Crippen molar-refractivity contribution in [1.82, 2.24) is 4.98 Å². The van der Waals surface area contributed by atoms with Crippen molar-refractivity contribution in [2.24, 2.45) is 5.73 Å². The zero-order valence-corrected chi connectivity index (χ0v) is 11.2. The molecule has 0 saturated heterocycles. The van der Waals surface area contributed by atoms with Crippen LogP contribution in [0.15, 0.2) is 36.5 Å². The number of nitrogens with zero attached hydrogens (tertiary/aromatic N) is 1. The fraction of sp³-hybridized carbons (Fsp3) is 0.267. The molecular formula is C15H16N2O3. The second-order valence-corrected chi connectivity index (χ2v) is 4.47. The summed E-state index contributed by atoms with van der Waals surface area (Å²) >= 11 is 0. The molecule has 0 spiro atoms. The molecule has 0 aliphatic carbocycles. The number of nitrogens with two attached hydrogens (primary N) is 1. The average Bonchev–Trinajstić information content (AvgIpc) is 2.53. The molecule has 0 radical (unpaired) electrons. The summed E-state index contributed by atoms with van der Waals surface area (Å²) in [5, 5.41) is 0. The summed E-state index contributed by atoms with van der Waals surface area (Å²) in [7, 11) is 1.61. The van der Waals surface area contributed by atoms with E-state index >= 15 is 0 Å². The minimum atomic E-state index is -0.373. The van der Waals surface area contributed by atoms with Crippen LogP contribution in [0, 0.1) is 0 Å². The van der Waals surface area contributed by atoms with Crippen molar-refractivity contribution in [2.45, 2.75) is 6.04 Å². The first-order valence-corrected chi connectivity index (χ1v) is 6.43. The van der Waals surface area contributed by atoms with E-state index in [1.54, 1.807) is 13.3 Å². The molecule has 1 aliphatic rings. The molecule has 0 amide bonds. The predicted octanol–water partition coefficient (Wildman–Crippen LogP) is 1.91. The van der Waals surface area contributed by atoms with E-state index < -0.39 is 0 Å². The fourth-order valence-electron chi connectivity index (χ4n) is 2.22. The highest BCUT2D eigenvalue weighted by Gasteiger charge is 2.19. The van der Waals surface area contributed by atoms with Gasteiger partial charge in [0.25, 0.3) is 0 Å². The van der Waals surface area contributed by atoms with Gasteiger partial charge in [-0.2, -0.15) is 0 Å². The zero-order valence-electron chi connectivity index (χ0n) is 11.2. The van der Waals surface area contributed by atoms with Crippen LogP contribution in [0.3, 0.4) is 0 Å². The minimum absolute atomic E-state index is 0.373. The van der Waals surface area contributed by atoms with Gasteiger partial charge < -0.3 is 19.9 Å². The molecule has 5 nitrogen and oxygen atoms in total. The molecule has 0 fully saturated rings. The van der Waals surface area contributed by atoms with Gasteiger partial charge in [-0.05, 0) is 29.8 Å². The Balaban J connectivity index is 1.96. The molecule has 1 aromatic heterocycles. The molecule has 1 unspecified atom stereocenters. The van der Waals surface area contributed by atoms with Gasteiger partial charge >= 0.3 is 0 Å². The number of ether oxygens (including phenoxy) is 3. The van der Waals surface area contributed by atoms with Gasteiger partial charge in [-0.3, -0.25) is 4.98 Å². The predicted molar refractivity (Wildman–Crippen MR) is 74.3 cm³/mol. The van der Waals surface area contributed by atoms with Gasteiger partial charge in [0, 0.05) is 6.20 Å². The van der Waals surface area contributed by atoms with Crippen molar-refractivity contribution in [3.05, 3.63) is 47.8 Å². The Bertz CT molecular complexity index is 616. The lowest BCUT2D eigenvalue weighted by Crippen LogP contribution is -2.18. The normalized spacial score (nSPS) is 14.7. The van der Waals surface area contributed by atoms with Gasteiger partial charge in [0.15, 0.2) is 11.5 Å². The van der Waals surface area contributed by atoms with Crippen LogP contribution >= 0.6 is 0 Å². The van der Waals surface area contributed by atoms with Crippen LogP contribution in [0.25, 0.3) is 0 Å². The third-order valence-corrected chi connectivity index (χ3v) is 3.24. The highest BCUT2D eigenvalue weighted by Crippen LogP contribution is 2.34. The summed E-state index contributed by atoms with van der Waals surface area (Å²) in [4.78, 5) is 4.32. The molecule has 5 heteroatoms. The highest BCUT2D eigenvalue weighted by atomic mass is 16.6. The Morgan fingerprint density at radius 2 is 2.00 bits per heavy atom. The van der Waals surface area contributed by atoms with Crippen molar-refractivity contribution in [1.29, 1.82) is 0 Å². The Hall–Kier alpha value is -2.27. The summed E-state index contributed by atoms with van der Waals surface area (Å²) in [5.74, 6) is 2.15. The molecule has 2 aromatic rings. The number of benzene rings is 1. The quantitative estimate of drug-likeness (QED) is 0.924. The van der Waals surface area contributed by atoms with Crippen molar-refractivity contribution in [2.75, 3.05) is 20.3 Å². The van der Waals surface area contributed by atoms with Crippen LogP contribution in [0.2, 0.25) is 0 Å². The van der Waals surface area contributed by atoms with Crippen molar-refractivity contribution in [3.8, 4) is 17.2 Å². The number of aromatic nitrogens is 1. The van der Waals surface area contributed by atoms with Gasteiger partial charge in [-0.25, -0.2) is 0 Å². The van der Waals surface area contributed by atoms with Crippen LogP contribution in [0.5, 0.6) is 17.2 Å². The molecule has 1 aromatic carbocycles. The Morgan fingerprint density at radius 3 is 2.80 bits per heavy atom. The lowest BCUT2D eigenvalue weighted by atomic mass is 10.0. The van der Waals surface area contributed by atoms with E-state index in [1.807, 2.05) is 30.3 Å². The Kier molecular flexibility index (Phi) is 3.43. The SMILES string of the molecule is COc1cccnc1C(N)c1ccc2c(c1)OCCO2. The highest BCUT2D eigenvalue weighted by molar-refractivity contribution is 5.47. The lowest BCUT2D eigenvalue weighted by molar-refractivity contribution is 0.171. The standard InChI is InChI=1S/C15H16N2O3/c1-18-12-3-2-6-17-15(12)14(16)10-4-5-11-13(9-10)20-8-7-19-11/h2-6,9,14H,7-8,16H2,1H3. The molecule has 104 valence electrons. The van der Waals surface area contributed by atoms with Crippen molar-refractivity contribution < 1.29 is 14.2 Å². The van der Waals surface area contributed by atoms with Crippen molar-refractivity contribution in [3.63, 3.8) is 0 Å². The maximum atomic E-state index is 6.29. The lowest BCUT2D eigenvalue weighted by Gasteiger charge is -2.21. The largest absolute Gasteiger partial charge is 0.495 e. The van der Waals surface area contributed by atoms with E-state index in [4.69, 9.17) is 19.9 Å². The van der Waals surface area contributed by atoms with Crippen LogP contribution in [-0.2, 0) is 0 Å². The number of fused-ring (bicyclic) bond motifs is 1. The average molecular weight is 272 g/mol. The van der Waals surface area contributed by atoms with Crippen LogP contribution < -0.4 is 19.9 Å². The van der Waals surface area contributed by atoms with Gasteiger partial charge in [0.05, 0.1) is 13.2 Å². The number of methoxy groups -OCH3 is 1. The fourth-order valence-corrected chi connectivity index (χ4v) is 2.22. The molecule has 2 heterocycles. The third kappa shape index (κ3) is 2.28. The molecule has 20 heavy (non-hydrogen) atoms. The van der Waals surface area contributed by atoms with E-state index in [1.165, 1.54) is 0 Å². The maximum absolute atomic E-state index is 6.29. The summed E-state index contributed by atoms with van der Waals surface area (Å²) in [6.07, 6.45) is 1.70. The van der Waals surface area contributed by atoms with Crippen LogP contribution in [0.1, 0.15) is 17.3 Å². The smallest absolute Gasteiger partial charge is 0.161 e. The van der Waals surface area contributed by atoms with E-state index in [9.17, 15) is 0 Å². The first-order chi connectivity index (χ1) is 9.79. The first-order valence-electron chi connectivity index (χ1n) is 6.43. The zero-order chi connectivity index (χ0) is 13.9. The Morgan fingerprint density at radius 1 is 1.20 bits per heavy atom. The second kappa shape index (κ2) is 5.38. The first kappa shape index (κ1) is 12.7. The molecule has 1 aliphatic heterocycles. The van der Waals surface area contributed by atoms with Gasteiger partial charge in [-0.15, -0.1) is 0 Å². The van der Waals surface area contributed by atoms with E-state index in [0.29, 0.717) is 24.7 Å². The number of rotatable bonds is 3. The van der Waals surface area contributed by atoms with Gasteiger partial charge in [0.1, 0.15) is 24.7 Å². The monoisotopic (exact) mass is 272 g/mol. The summed E-state index contributed by atoms with van der Waals surface area (Å²) < 4.78 is 16.4.